The molecule has 9 heavy (non-hydrogen) atoms. The number of ether oxygens (including phenoxy) is 3. The van der Waals surface area contributed by atoms with Gasteiger partial charge in [-0.15, -0.1) is 0 Å². The standard InChI is InChI=1S/C5H9NO3/c1-7-5(4-6,8-2)9-3/h1-3H3. The van der Waals surface area contributed by atoms with E-state index in [-0.39, 0.29) is 0 Å². The molecule has 0 N–H and O–H groups in total. The van der Waals surface area contributed by atoms with Crippen LogP contribution < -0.4 is 0 Å². The van der Waals surface area contributed by atoms with Gasteiger partial charge in [-0.25, -0.2) is 0 Å². The molecule has 0 spiro atoms. The highest BCUT2D eigenvalue weighted by atomic mass is 16.9. The molecular weight excluding hydrogens is 122 g/mol. The second kappa shape index (κ2) is 3.41. The molecule has 4 nitrogen and oxygen atoms in total. The van der Waals surface area contributed by atoms with Gasteiger partial charge < -0.3 is 14.2 Å². The Labute approximate surface area is 53.9 Å². The predicted molar refractivity (Wildman–Crippen MR) is 29.4 cm³/mol. The second-order valence-corrected chi connectivity index (χ2v) is 1.28. The molecule has 0 saturated carbocycles. The lowest BCUT2D eigenvalue weighted by Gasteiger charge is -2.19. The van der Waals surface area contributed by atoms with Gasteiger partial charge in [0.2, 0.25) is 0 Å². The normalized spacial score (nSPS) is 10.9. The van der Waals surface area contributed by atoms with Crippen LogP contribution in [0.3, 0.4) is 0 Å². The first-order valence-corrected chi connectivity index (χ1v) is 2.31. The van der Waals surface area contributed by atoms with Crippen LogP contribution in [0.25, 0.3) is 0 Å². The van der Waals surface area contributed by atoms with Crippen molar-refractivity contribution < 1.29 is 14.2 Å². The Bertz CT molecular complexity index is 106. The summed E-state index contributed by atoms with van der Waals surface area (Å²) in [5.74, 6) is -1.53. The zero-order chi connectivity index (χ0) is 7.33. The summed E-state index contributed by atoms with van der Waals surface area (Å²) in [7, 11) is 3.99. The molecule has 0 rings (SSSR count). The van der Waals surface area contributed by atoms with Crippen LogP contribution in [0.5, 0.6) is 0 Å². The fraction of sp³-hybridized carbons (Fsp3) is 0.800. The Balaban J connectivity index is 4.04. The molecule has 0 aliphatic carbocycles. The van der Waals surface area contributed by atoms with Crippen LogP contribution in [0.2, 0.25) is 0 Å². The van der Waals surface area contributed by atoms with E-state index in [0.29, 0.717) is 0 Å². The molecule has 0 radical (unpaired) electrons. The maximum absolute atomic E-state index is 8.35. The van der Waals surface area contributed by atoms with Crippen molar-refractivity contribution in [3.8, 4) is 6.07 Å². The summed E-state index contributed by atoms with van der Waals surface area (Å²) >= 11 is 0. The Morgan fingerprint density at radius 1 is 1.11 bits per heavy atom. The van der Waals surface area contributed by atoms with Crippen molar-refractivity contribution in [3.05, 3.63) is 0 Å². The predicted octanol–water partition coefficient (Wildman–Crippen LogP) is 0.103. The fourth-order valence-corrected chi connectivity index (χ4v) is 0.387. The van der Waals surface area contributed by atoms with Crippen LogP contribution in [-0.2, 0) is 14.2 Å². The number of nitrogens with zero attached hydrogens (tertiary/aromatic N) is 1. The summed E-state index contributed by atoms with van der Waals surface area (Å²) in [5.41, 5.74) is 0. The lowest BCUT2D eigenvalue weighted by Crippen LogP contribution is -2.33. The Morgan fingerprint density at radius 2 is 1.44 bits per heavy atom. The molecule has 0 atom stereocenters. The van der Waals surface area contributed by atoms with Gasteiger partial charge in [-0.1, -0.05) is 0 Å². The molecule has 0 unspecified atom stereocenters. The van der Waals surface area contributed by atoms with Crippen LogP contribution in [0, 0.1) is 11.3 Å². The maximum Gasteiger partial charge on any atom is 0.378 e. The molecule has 0 aromatic carbocycles. The minimum Gasteiger partial charge on any atom is -0.319 e. The van der Waals surface area contributed by atoms with Gasteiger partial charge in [0.25, 0.3) is 0 Å². The molecule has 0 bridgehead atoms. The SMILES string of the molecule is COC(C#N)(OC)OC. The molecule has 0 fully saturated rings. The minimum atomic E-state index is -1.53. The summed E-state index contributed by atoms with van der Waals surface area (Å²) in [4.78, 5) is 0. The average molecular weight is 131 g/mol. The van der Waals surface area contributed by atoms with Crippen molar-refractivity contribution in [3.63, 3.8) is 0 Å². The molecule has 52 valence electrons. The fourth-order valence-electron chi connectivity index (χ4n) is 0.387. The maximum atomic E-state index is 8.35. The lowest BCUT2D eigenvalue weighted by molar-refractivity contribution is -0.312. The van der Waals surface area contributed by atoms with Crippen molar-refractivity contribution in [2.75, 3.05) is 21.3 Å². The molecule has 0 amide bonds. The van der Waals surface area contributed by atoms with E-state index < -0.39 is 5.97 Å². The third-order valence-corrected chi connectivity index (χ3v) is 0.943. The molecule has 0 aromatic heterocycles. The van der Waals surface area contributed by atoms with Gasteiger partial charge in [0.15, 0.2) is 6.07 Å². The average Bonchev–Trinajstić information content (AvgIpc) is 1.95. The first-order chi connectivity index (χ1) is 4.24. The van der Waals surface area contributed by atoms with Gasteiger partial charge in [-0.2, -0.15) is 5.26 Å². The van der Waals surface area contributed by atoms with Crippen molar-refractivity contribution >= 4 is 0 Å². The molecule has 0 heterocycles. The van der Waals surface area contributed by atoms with Gasteiger partial charge in [0, 0.05) is 21.3 Å². The van der Waals surface area contributed by atoms with Gasteiger partial charge in [-0.3, -0.25) is 0 Å². The van der Waals surface area contributed by atoms with E-state index in [1.54, 1.807) is 6.07 Å². The number of hydrogen-bond acceptors (Lipinski definition) is 4. The monoisotopic (exact) mass is 131 g/mol. The summed E-state index contributed by atoms with van der Waals surface area (Å²) < 4.78 is 13.7. The van der Waals surface area contributed by atoms with Gasteiger partial charge in [0.05, 0.1) is 0 Å². The molecule has 0 aromatic rings. The minimum absolute atomic E-state index is 1.33. The molecule has 0 aliphatic rings. The Morgan fingerprint density at radius 3 is 1.44 bits per heavy atom. The van der Waals surface area contributed by atoms with E-state index in [9.17, 15) is 0 Å². The number of rotatable bonds is 3. The van der Waals surface area contributed by atoms with E-state index in [1.165, 1.54) is 21.3 Å². The van der Waals surface area contributed by atoms with Crippen LogP contribution in [0.1, 0.15) is 0 Å². The van der Waals surface area contributed by atoms with Gasteiger partial charge in [-0.05, 0) is 0 Å². The first kappa shape index (κ1) is 8.37. The van der Waals surface area contributed by atoms with E-state index >= 15 is 0 Å². The molecule has 4 heteroatoms. The number of methoxy groups -OCH3 is 3. The number of hydrogen-bond donors (Lipinski definition) is 0. The third-order valence-electron chi connectivity index (χ3n) is 0.943. The van der Waals surface area contributed by atoms with E-state index in [0.717, 1.165) is 0 Å². The zero-order valence-electron chi connectivity index (χ0n) is 5.67. The Kier molecular flexibility index (Phi) is 3.17. The van der Waals surface area contributed by atoms with Gasteiger partial charge >= 0.3 is 5.97 Å². The lowest BCUT2D eigenvalue weighted by atomic mass is 10.6. The quantitative estimate of drug-likeness (QED) is 0.510. The Hall–Kier alpha value is -0.630. The van der Waals surface area contributed by atoms with Gasteiger partial charge in [0.1, 0.15) is 0 Å². The van der Waals surface area contributed by atoms with Crippen LogP contribution in [0.15, 0.2) is 0 Å². The smallest absolute Gasteiger partial charge is 0.319 e. The van der Waals surface area contributed by atoms with E-state index in [1.807, 2.05) is 0 Å². The highest BCUT2D eigenvalue weighted by molar-refractivity contribution is 4.84. The molecule has 0 aliphatic heterocycles. The zero-order valence-corrected chi connectivity index (χ0v) is 5.67. The van der Waals surface area contributed by atoms with Crippen LogP contribution in [-0.4, -0.2) is 27.3 Å². The summed E-state index contributed by atoms with van der Waals surface area (Å²) in [5, 5.41) is 8.35. The van der Waals surface area contributed by atoms with Crippen molar-refractivity contribution in [1.29, 1.82) is 5.26 Å². The van der Waals surface area contributed by atoms with Crippen molar-refractivity contribution in [1.82, 2.24) is 0 Å². The summed E-state index contributed by atoms with van der Waals surface area (Å²) in [6.45, 7) is 0. The van der Waals surface area contributed by atoms with Crippen LogP contribution in [0.4, 0.5) is 0 Å². The number of nitriles is 1. The topological polar surface area (TPSA) is 51.5 Å². The highest BCUT2D eigenvalue weighted by Crippen LogP contribution is 2.08. The van der Waals surface area contributed by atoms with Crippen LogP contribution >= 0.6 is 0 Å². The summed E-state index contributed by atoms with van der Waals surface area (Å²) in [6.07, 6.45) is 0. The molecular formula is C5H9NO3. The van der Waals surface area contributed by atoms with E-state index in [4.69, 9.17) is 5.26 Å². The molecule has 0 saturated heterocycles. The van der Waals surface area contributed by atoms with Crippen molar-refractivity contribution in [2.24, 2.45) is 0 Å². The largest absolute Gasteiger partial charge is 0.378 e. The highest BCUT2D eigenvalue weighted by Gasteiger charge is 2.28. The van der Waals surface area contributed by atoms with Crippen molar-refractivity contribution in [2.45, 2.75) is 5.97 Å². The summed E-state index contributed by atoms with van der Waals surface area (Å²) in [6, 6.07) is 1.70. The third kappa shape index (κ3) is 1.64. The first-order valence-electron chi connectivity index (χ1n) is 2.31. The van der Waals surface area contributed by atoms with E-state index in [2.05, 4.69) is 14.2 Å². The second-order valence-electron chi connectivity index (χ2n) is 1.28.